The molecule has 166 valence electrons. The molecule has 1 aliphatic heterocycles. The number of carbonyl (C=O) groups excluding carboxylic acids is 1. The summed E-state index contributed by atoms with van der Waals surface area (Å²) < 4.78 is 5.76. The van der Waals surface area contributed by atoms with Gasteiger partial charge in [-0.05, 0) is 74.1 Å². The SMILES string of the molecule is C=CCOc1ccc(Cl)cc1/C=C1\SC(=Nc2ccc(C)cc2)N(c2ccc(C)cc2)C1=O. The Kier molecular flexibility index (Phi) is 7.02. The Bertz CT molecular complexity index is 1250. The Hall–Kier alpha value is -3.28. The Morgan fingerprint density at radius 3 is 2.36 bits per heavy atom. The molecule has 6 heteroatoms. The lowest BCUT2D eigenvalue weighted by Crippen LogP contribution is -2.28. The summed E-state index contributed by atoms with van der Waals surface area (Å²) in [6.07, 6.45) is 3.47. The van der Waals surface area contributed by atoms with Crippen LogP contribution in [0.3, 0.4) is 0 Å². The summed E-state index contributed by atoms with van der Waals surface area (Å²) in [7, 11) is 0. The standard InChI is InChI=1S/C27H23ClN2O2S/c1-4-15-32-24-14-9-21(28)16-20(24)17-25-26(31)30(23-12-7-19(3)8-13-23)27(33-25)29-22-10-5-18(2)6-11-22/h4-14,16-17H,1,15H2,2-3H3/b25-17-,29-27?. The Morgan fingerprint density at radius 2 is 1.70 bits per heavy atom. The van der Waals surface area contributed by atoms with Gasteiger partial charge in [0, 0.05) is 10.6 Å². The third-order valence-electron chi connectivity index (χ3n) is 4.97. The minimum Gasteiger partial charge on any atom is -0.489 e. The van der Waals surface area contributed by atoms with Crippen LogP contribution in [0.4, 0.5) is 11.4 Å². The van der Waals surface area contributed by atoms with E-state index in [2.05, 4.69) is 6.58 Å². The van der Waals surface area contributed by atoms with Gasteiger partial charge < -0.3 is 4.74 Å². The van der Waals surface area contributed by atoms with Crippen molar-refractivity contribution in [3.05, 3.63) is 106 Å². The first-order valence-corrected chi connectivity index (χ1v) is 11.6. The minimum atomic E-state index is -0.149. The lowest BCUT2D eigenvalue weighted by atomic mass is 10.1. The molecule has 3 aromatic carbocycles. The Labute approximate surface area is 203 Å². The van der Waals surface area contributed by atoms with Crippen LogP contribution in [-0.2, 0) is 4.79 Å². The largest absolute Gasteiger partial charge is 0.489 e. The van der Waals surface area contributed by atoms with Gasteiger partial charge >= 0.3 is 0 Å². The van der Waals surface area contributed by atoms with E-state index in [-0.39, 0.29) is 5.91 Å². The molecule has 0 bridgehead atoms. The van der Waals surface area contributed by atoms with Crippen LogP contribution in [-0.4, -0.2) is 17.7 Å². The van der Waals surface area contributed by atoms with E-state index in [1.807, 2.05) is 62.4 Å². The fraction of sp³-hybridized carbons (Fsp3) is 0.111. The molecule has 0 spiro atoms. The number of ether oxygens (including phenoxy) is 1. The second kappa shape index (κ2) is 10.1. The monoisotopic (exact) mass is 474 g/mol. The number of aryl methyl sites for hydroxylation is 2. The molecule has 1 heterocycles. The lowest BCUT2D eigenvalue weighted by molar-refractivity contribution is -0.113. The van der Waals surface area contributed by atoms with Gasteiger partial charge in [0.05, 0.1) is 16.3 Å². The van der Waals surface area contributed by atoms with E-state index in [0.717, 1.165) is 28.1 Å². The molecular formula is C27H23ClN2O2S. The maximum atomic E-state index is 13.5. The summed E-state index contributed by atoms with van der Waals surface area (Å²) in [5.74, 6) is 0.482. The first kappa shape index (κ1) is 22.9. The van der Waals surface area contributed by atoms with Gasteiger partial charge in [0.1, 0.15) is 12.4 Å². The zero-order valence-corrected chi connectivity index (χ0v) is 20.0. The fourth-order valence-electron chi connectivity index (χ4n) is 3.25. The molecule has 33 heavy (non-hydrogen) atoms. The third-order valence-corrected chi connectivity index (χ3v) is 6.18. The molecule has 3 aromatic rings. The molecule has 1 amide bonds. The highest BCUT2D eigenvalue weighted by atomic mass is 35.5. The van der Waals surface area contributed by atoms with Crippen molar-refractivity contribution in [2.45, 2.75) is 13.8 Å². The molecule has 4 nitrogen and oxygen atoms in total. The van der Waals surface area contributed by atoms with Gasteiger partial charge in [-0.1, -0.05) is 59.6 Å². The van der Waals surface area contributed by atoms with E-state index in [9.17, 15) is 4.79 Å². The summed E-state index contributed by atoms with van der Waals surface area (Å²) in [5.41, 5.74) is 4.54. The summed E-state index contributed by atoms with van der Waals surface area (Å²) in [4.78, 5) is 20.5. The van der Waals surface area contributed by atoms with Crippen LogP contribution in [0.5, 0.6) is 5.75 Å². The number of nitrogens with zero attached hydrogens (tertiary/aromatic N) is 2. The minimum absolute atomic E-state index is 0.149. The van der Waals surface area contributed by atoms with Gasteiger partial charge in [-0.15, -0.1) is 0 Å². The smallest absolute Gasteiger partial charge is 0.271 e. The van der Waals surface area contributed by atoms with Crippen LogP contribution < -0.4 is 9.64 Å². The number of hydrogen-bond donors (Lipinski definition) is 0. The van der Waals surface area contributed by atoms with Gasteiger partial charge in [0.15, 0.2) is 5.17 Å². The molecule has 1 fully saturated rings. The number of amides is 1. The first-order valence-electron chi connectivity index (χ1n) is 10.4. The quantitative estimate of drug-likeness (QED) is 0.277. The Balaban J connectivity index is 1.77. The predicted molar refractivity (Wildman–Crippen MR) is 140 cm³/mol. The van der Waals surface area contributed by atoms with Crippen molar-refractivity contribution in [1.82, 2.24) is 0 Å². The number of thioether (sulfide) groups is 1. The van der Waals surface area contributed by atoms with Crippen LogP contribution in [0.15, 0.2) is 89.3 Å². The van der Waals surface area contributed by atoms with E-state index < -0.39 is 0 Å². The molecule has 0 radical (unpaired) electrons. The van der Waals surface area contributed by atoms with E-state index in [4.69, 9.17) is 21.3 Å². The maximum absolute atomic E-state index is 13.5. The van der Waals surface area contributed by atoms with Gasteiger partial charge in [-0.2, -0.15) is 0 Å². The Morgan fingerprint density at radius 1 is 1.03 bits per heavy atom. The molecule has 4 rings (SSSR count). The number of hydrogen-bond acceptors (Lipinski definition) is 4. The van der Waals surface area contributed by atoms with Crippen LogP contribution in [0.2, 0.25) is 5.02 Å². The molecule has 0 aromatic heterocycles. The van der Waals surface area contributed by atoms with Gasteiger partial charge in [0.25, 0.3) is 5.91 Å². The number of benzene rings is 3. The average Bonchev–Trinajstić information content (AvgIpc) is 3.10. The summed E-state index contributed by atoms with van der Waals surface area (Å²) in [6, 6.07) is 21.1. The topological polar surface area (TPSA) is 41.9 Å². The van der Waals surface area contributed by atoms with Crippen molar-refractivity contribution in [2.75, 3.05) is 11.5 Å². The summed E-state index contributed by atoms with van der Waals surface area (Å²) in [6.45, 7) is 8.10. The average molecular weight is 475 g/mol. The van der Waals surface area contributed by atoms with Gasteiger partial charge in [0.2, 0.25) is 0 Å². The van der Waals surface area contributed by atoms with E-state index >= 15 is 0 Å². The van der Waals surface area contributed by atoms with E-state index in [1.165, 1.54) is 11.8 Å². The number of halogens is 1. The van der Waals surface area contributed by atoms with Crippen LogP contribution in [0, 0.1) is 13.8 Å². The van der Waals surface area contributed by atoms with Crippen molar-refractivity contribution >= 4 is 51.9 Å². The van der Waals surface area contributed by atoms with Gasteiger partial charge in [-0.3, -0.25) is 9.69 Å². The number of anilines is 1. The van der Waals surface area contributed by atoms with Crippen molar-refractivity contribution in [1.29, 1.82) is 0 Å². The zero-order chi connectivity index (χ0) is 23.4. The highest BCUT2D eigenvalue weighted by molar-refractivity contribution is 8.19. The van der Waals surface area contributed by atoms with Crippen LogP contribution in [0.25, 0.3) is 6.08 Å². The van der Waals surface area contributed by atoms with Crippen molar-refractivity contribution in [3.63, 3.8) is 0 Å². The molecule has 0 aliphatic carbocycles. The molecular weight excluding hydrogens is 452 g/mol. The van der Waals surface area contributed by atoms with Crippen LogP contribution >= 0.6 is 23.4 Å². The molecule has 0 unspecified atom stereocenters. The summed E-state index contributed by atoms with van der Waals surface area (Å²) >= 11 is 7.56. The predicted octanol–water partition coefficient (Wildman–Crippen LogP) is 7.33. The second-order valence-electron chi connectivity index (χ2n) is 7.60. The van der Waals surface area contributed by atoms with E-state index in [1.54, 1.807) is 35.3 Å². The normalized spacial score (nSPS) is 16.0. The number of amidine groups is 1. The number of rotatable bonds is 6. The molecule has 0 saturated carbocycles. The van der Waals surface area contributed by atoms with Gasteiger partial charge in [-0.25, -0.2) is 4.99 Å². The first-order chi connectivity index (χ1) is 15.9. The number of aliphatic imine (C=N–C) groups is 1. The fourth-order valence-corrected chi connectivity index (χ4v) is 4.43. The third kappa shape index (κ3) is 5.38. The summed E-state index contributed by atoms with van der Waals surface area (Å²) in [5, 5.41) is 1.15. The molecule has 0 atom stereocenters. The highest BCUT2D eigenvalue weighted by Gasteiger charge is 2.35. The maximum Gasteiger partial charge on any atom is 0.271 e. The number of carbonyl (C=O) groups is 1. The molecule has 0 N–H and O–H groups in total. The zero-order valence-electron chi connectivity index (χ0n) is 18.4. The van der Waals surface area contributed by atoms with Crippen molar-refractivity contribution in [3.8, 4) is 5.75 Å². The van der Waals surface area contributed by atoms with Crippen molar-refractivity contribution in [2.24, 2.45) is 4.99 Å². The van der Waals surface area contributed by atoms with E-state index in [0.29, 0.717) is 27.5 Å². The molecule has 1 saturated heterocycles. The molecule has 1 aliphatic rings. The second-order valence-corrected chi connectivity index (χ2v) is 9.04. The highest BCUT2D eigenvalue weighted by Crippen LogP contribution is 2.38. The lowest BCUT2D eigenvalue weighted by Gasteiger charge is -2.16. The van der Waals surface area contributed by atoms with Crippen LogP contribution in [0.1, 0.15) is 16.7 Å². The van der Waals surface area contributed by atoms with Crippen molar-refractivity contribution < 1.29 is 9.53 Å².